The van der Waals surface area contributed by atoms with Gasteiger partial charge in [0.25, 0.3) is 5.91 Å². The van der Waals surface area contributed by atoms with E-state index in [0.29, 0.717) is 31.0 Å². The molecule has 7 heteroatoms. The van der Waals surface area contributed by atoms with Gasteiger partial charge in [0.15, 0.2) is 0 Å². The van der Waals surface area contributed by atoms with Crippen molar-refractivity contribution in [3.8, 4) is 0 Å². The number of carbonyl (C=O) groups is 2. The molecule has 1 spiro atoms. The fraction of sp³-hybridized carbons (Fsp3) is 0.667. The molecule has 25 heavy (non-hydrogen) atoms. The normalized spacial score (nSPS) is 25.4. The lowest BCUT2D eigenvalue weighted by Crippen LogP contribution is -2.46. The molecule has 0 radical (unpaired) electrons. The van der Waals surface area contributed by atoms with Crippen LogP contribution in [0.4, 0.5) is 0 Å². The van der Waals surface area contributed by atoms with E-state index < -0.39 is 5.54 Å². The maximum atomic E-state index is 12.6. The highest BCUT2D eigenvalue weighted by molar-refractivity contribution is 5.93. The Labute approximate surface area is 148 Å². The van der Waals surface area contributed by atoms with Crippen LogP contribution in [0.25, 0.3) is 0 Å². The van der Waals surface area contributed by atoms with Gasteiger partial charge in [-0.05, 0) is 38.5 Å². The molecule has 2 aliphatic heterocycles. The molecule has 2 amide bonds. The van der Waals surface area contributed by atoms with Crippen LogP contribution in [0.1, 0.15) is 49.3 Å². The highest BCUT2D eigenvalue weighted by atomic mass is 16.3. The summed E-state index contributed by atoms with van der Waals surface area (Å²) in [6.07, 6.45) is 5.61. The van der Waals surface area contributed by atoms with Crippen molar-refractivity contribution in [2.45, 2.75) is 45.6 Å². The SMILES string of the molecule is CC(=O)N1CC2(CCN(C(=O)c3cnc(C)nc3)CC2)C[C@]1(C)CO. The quantitative estimate of drug-likeness (QED) is 0.864. The molecule has 2 fully saturated rings. The topological polar surface area (TPSA) is 86.6 Å². The van der Waals surface area contributed by atoms with Crippen molar-refractivity contribution < 1.29 is 14.7 Å². The fourth-order valence-electron chi connectivity index (χ4n) is 4.32. The molecule has 2 saturated heterocycles. The van der Waals surface area contributed by atoms with Crippen LogP contribution in [-0.4, -0.2) is 68.5 Å². The van der Waals surface area contributed by atoms with Crippen molar-refractivity contribution in [1.82, 2.24) is 19.8 Å². The van der Waals surface area contributed by atoms with E-state index in [1.807, 2.05) is 11.8 Å². The molecule has 3 heterocycles. The Balaban J connectivity index is 1.68. The lowest BCUT2D eigenvalue weighted by atomic mass is 9.74. The summed E-state index contributed by atoms with van der Waals surface area (Å²) in [5, 5.41) is 9.80. The Morgan fingerprint density at radius 3 is 2.32 bits per heavy atom. The van der Waals surface area contributed by atoms with Crippen LogP contribution in [0.15, 0.2) is 12.4 Å². The third-order valence-corrected chi connectivity index (χ3v) is 5.76. The maximum absolute atomic E-state index is 12.6. The number of nitrogens with zero attached hydrogens (tertiary/aromatic N) is 4. The first-order chi connectivity index (χ1) is 11.8. The van der Waals surface area contributed by atoms with Gasteiger partial charge in [-0.1, -0.05) is 0 Å². The number of amides is 2. The number of aliphatic hydroxyl groups is 1. The molecule has 1 aromatic rings. The summed E-state index contributed by atoms with van der Waals surface area (Å²) < 4.78 is 0. The Bertz CT molecular complexity index is 667. The monoisotopic (exact) mass is 346 g/mol. The van der Waals surface area contributed by atoms with E-state index in [-0.39, 0.29) is 23.8 Å². The third kappa shape index (κ3) is 3.25. The van der Waals surface area contributed by atoms with Gasteiger partial charge in [-0.25, -0.2) is 9.97 Å². The van der Waals surface area contributed by atoms with Gasteiger partial charge in [-0.15, -0.1) is 0 Å². The van der Waals surface area contributed by atoms with E-state index in [0.717, 1.165) is 19.3 Å². The van der Waals surface area contributed by atoms with Gasteiger partial charge in [-0.2, -0.15) is 0 Å². The molecular weight excluding hydrogens is 320 g/mol. The van der Waals surface area contributed by atoms with Crippen molar-refractivity contribution in [3.05, 3.63) is 23.8 Å². The second-order valence-corrected chi connectivity index (χ2v) is 7.75. The number of aliphatic hydroxyl groups excluding tert-OH is 1. The number of aromatic nitrogens is 2. The highest BCUT2D eigenvalue weighted by Gasteiger charge is 2.52. The number of likely N-dealkylation sites (tertiary alicyclic amines) is 2. The van der Waals surface area contributed by atoms with Crippen LogP contribution in [-0.2, 0) is 4.79 Å². The van der Waals surface area contributed by atoms with Crippen molar-refractivity contribution >= 4 is 11.8 Å². The minimum atomic E-state index is -0.497. The van der Waals surface area contributed by atoms with E-state index in [1.54, 1.807) is 31.1 Å². The zero-order valence-electron chi connectivity index (χ0n) is 15.2. The van der Waals surface area contributed by atoms with Crippen LogP contribution in [0.2, 0.25) is 0 Å². The van der Waals surface area contributed by atoms with Gasteiger partial charge >= 0.3 is 0 Å². The molecule has 0 saturated carbocycles. The molecule has 0 unspecified atom stereocenters. The van der Waals surface area contributed by atoms with E-state index in [9.17, 15) is 14.7 Å². The predicted molar refractivity (Wildman–Crippen MR) is 91.8 cm³/mol. The van der Waals surface area contributed by atoms with Crippen molar-refractivity contribution in [1.29, 1.82) is 0 Å². The first kappa shape index (κ1) is 17.8. The molecule has 7 nitrogen and oxygen atoms in total. The number of hydrogen-bond acceptors (Lipinski definition) is 5. The summed E-state index contributed by atoms with van der Waals surface area (Å²) in [5.41, 5.74) is 0.00510. The summed E-state index contributed by atoms with van der Waals surface area (Å²) >= 11 is 0. The van der Waals surface area contributed by atoms with Gasteiger partial charge in [0.2, 0.25) is 5.91 Å². The molecule has 1 N–H and O–H groups in total. The second kappa shape index (κ2) is 6.37. The minimum absolute atomic E-state index is 0.00346. The fourth-order valence-corrected chi connectivity index (χ4v) is 4.32. The molecule has 0 aliphatic carbocycles. The van der Waals surface area contributed by atoms with Crippen LogP contribution >= 0.6 is 0 Å². The van der Waals surface area contributed by atoms with Crippen LogP contribution in [0.3, 0.4) is 0 Å². The van der Waals surface area contributed by atoms with Gasteiger partial charge < -0.3 is 14.9 Å². The lowest BCUT2D eigenvalue weighted by Gasteiger charge is -2.39. The minimum Gasteiger partial charge on any atom is -0.394 e. The summed E-state index contributed by atoms with van der Waals surface area (Å²) in [6.45, 7) is 7.23. The molecule has 2 aliphatic rings. The third-order valence-electron chi connectivity index (χ3n) is 5.76. The molecule has 0 bridgehead atoms. The molecule has 1 aromatic heterocycles. The van der Waals surface area contributed by atoms with E-state index in [1.165, 1.54) is 0 Å². The second-order valence-electron chi connectivity index (χ2n) is 7.75. The first-order valence-corrected chi connectivity index (χ1v) is 8.76. The standard InChI is InChI=1S/C18H26N4O3/c1-13-19-8-15(9-20-13)16(25)21-6-4-18(5-7-21)10-17(3,12-23)22(11-18)14(2)24/h8-9,23H,4-7,10-12H2,1-3H3/t17-/m1/s1. The maximum Gasteiger partial charge on any atom is 0.256 e. The Kier molecular flexibility index (Phi) is 4.53. The summed E-state index contributed by atoms with van der Waals surface area (Å²) in [7, 11) is 0. The molecule has 0 aromatic carbocycles. The van der Waals surface area contributed by atoms with Crippen molar-refractivity contribution in [2.24, 2.45) is 5.41 Å². The number of rotatable bonds is 2. The summed E-state index contributed by atoms with van der Waals surface area (Å²) in [6, 6.07) is 0. The van der Waals surface area contributed by atoms with Gasteiger partial charge in [-0.3, -0.25) is 9.59 Å². The van der Waals surface area contributed by atoms with E-state index >= 15 is 0 Å². The highest BCUT2D eigenvalue weighted by Crippen LogP contribution is 2.48. The van der Waals surface area contributed by atoms with E-state index in [4.69, 9.17) is 0 Å². The smallest absolute Gasteiger partial charge is 0.256 e. The summed E-state index contributed by atoms with van der Waals surface area (Å²) in [4.78, 5) is 36.4. The van der Waals surface area contributed by atoms with Crippen molar-refractivity contribution in [3.63, 3.8) is 0 Å². The van der Waals surface area contributed by atoms with Crippen LogP contribution in [0.5, 0.6) is 0 Å². The van der Waals surface area contributed by atoms with Gasteiger partial charge in [0.05, 0.1) is 17.7 Å². The zero-order valence-corrected chi connectivity index (χ0v) is 15.2. The molecular formula is C18H26N4O3. The zero-order chi connectivity index (χ0) is 18.2. The Hall–Kier alpha value is -2.02. The first-order valence-electron chi connectivity index (χ1n) is 8.76. The van der Waals surface area contributed by atoms with Gasteiger partial charge in [0.1, 0.15) is 5.82 Å². The molecule has 3 rings (SSSR count). The number of aryl methyl sites for hydroxylation is 1. The largest absolute Gasteiger partial charge is 0.394 e. The van der Waals surface area contributed by atoms with Crippen LogP contribution in [0, 0.1) is 12.3 Å². The lowest BCUT2D eigenvalue weighted by molar-refractivity contribution is -0.134. The summed E-state index contributed by atoms with van der Waals surface area (Å²) in [5.74, 6) is 0.609. The number of hydrogen-bond donors (Lipinski definition) is 1. The average molecular weight is 346 g/mol. The number of piperidine rings is 1. The Morgan fingerprint density at radius 1 is 1.24 bits per heavy atom. The molecule has 1 atom stereocenters. The Morgan fingerprint density at radius 2 is 1.84 bits per heavy atom. The van der Waals surface area contributed by atoms with Crippen LogP contribution < -0.4 is 0 Å². The predicted octanol–water partition coefficient (Wildman–Crippen LogP) is 1.01. The number of carbonyl (C=O) groups excluding carboxylic acids is 2. The average Bonchev–Trinajstić information content (AvgIpc) is 2.89. The van der Waals surface area contributed by atoms with Gasteiger partial charge in [0, 0.05) is 39.0 Å². The molecule has 136 valence electrons. The van der Waals surface area contributed by atoms with Crippen molar-refractivity contribution in [2.75, 3.05) is 26.2 Å². The van der Waals surface area contributed by atoms with E-state index in [2.05, 4.69) is 9.97 Å².